The third-order valence-corrected chi connectivity index (χ3v) is 4.86. The van der Waals surface area contributed by atoms with E-state index in [9.17, 15) is 22.8 Å². The second-order valence-electron chi connectivity index (χ2n) is 7.34. The van der Waals surface area contributed by atoms with Crippen LogP contribution in [0.3, 0.4) is 0 Å². The smallest absolute Gasteiger partial charge is 0.449 e. The zero-order valence-corrected chi connectivity index (χ0v) is 17.1. The van der Waals surface area contributed by atoms with Crippen molar-refractivity contribution in [1.82, 2.24) is 14.1 Å². The van der Waals surface area contributed by atoms with E-state index in [1.165, 1.54) is 12.1 Å². The summed E-state index contributed by atoms with van der Waals surface area (Å²) >= 11 is 0. The summed E-state index contributed by atoms with van der Waals surface area (Å²) in [4.78, 5) is 28.3. The fourth-order valence-corrected chi connectivity index (χ4v) is 3.70. The van der Waals surface area contributed by atoms with Crippen molar-refractivity contribution >= 4 is 22.8 Å². The number of aromatic nitrogens is 3. The van der Waals surface area contributed by atoms with Gasteiger partial charge in [0.15, 0.2) is 6.61 Å². The van der Waals surface area contributed by atoms with Crippen LogP contribution in [0.25, 0.3) is 11.0 Å². The van der Waals surface area contributed by atoms with Gasteiger partial charge >= 0.3 is 12.1 Å². The highest BCUT2D eigenvalue weighted by atomic mass is 19.4. The topological polar surface area (TPSA) is 66.1 Å². The third kappa shape index (κ3) is 4.10. The van der Waals surface area contributed by atoms with Crippen molar-refractivity contribution in [2.24, 2.45) is 0 Å². The van der Waals surface area contributed by atoms with E-state index < -0.39 is 36.9 Å². The van der Waals surface area contributed by atoms with E-state index in [2.05, 4.69) is 4.98 Å². The summed E-state index contributed by atoms with van der Waals surface area (Å²) in [5.41, 5.74) is 2.36. The number of imidazole rings is 1. The first-order valence-electron chi connectivity index (χ1n) is 9.40. The second-order valence-corrected chi connectivity index (χ2v) is 7.34. The predicted molar refractivity (Wildman–Crippen MR) is 104 cm³/mol. The molecule has 2 heterocycles. The van der Waals surface area contributed by atoms with Gasteiger partial charge in [0, 0.05) is 23.0 Å². The van der Waals surface area contributed by atoms with Crippen LogP contribution in [0.15, 0.2) is 30.3 Å². The van der Waals surface area contributed by atoms with Crippen LogP contribution in [0.5, 0.6) is 0 Å². The molecule has 9 heteroatoms. The van der Waals surface area contributed by atoms with Crippen LogP contribution in [-0.2, 0) is 22.3 Å². The van der Waals surface area contributed by atoms with Crippen LogP contribution in [0, 0.1) is 13.8 Å². The monoisotopic (exact) mass is 421 g/mol. The summed E-state index contributed by atoms with van der Waals surface area (Å²) in [6.07, 6.45) is -4.73. The van der Waals surface area contributed by atoms with Gasteiger partial charge in [0.1, 0.15) is 6.54 Å². The molecule has 1 aromatic carbocycles. The number of fused-ring (bicyclic) bond motifs is 1. The first-order chi connectivity index (χ1) is 14.0. The van der Waals surface area contributed by atoms with Gasteiger partial charge in [0.2, 0.25) is 11.6 Å². The lowest BCUT2D eigenvalue weighted by molar-refractivity contribution is -0.150. The van der Waals surface area contributed by atoms with Crippen molar-refractivity contribution in [3.05, 3.63) is 53.1 Å². The van der Waals surface area contributed by atoms with Gasteiger partial charge in [-0.25, -0.2) is 4.98 Å². The minimum atomic E-state index is -4.73. The Hall–Kier alpha value is -3.10. The van der Waals surface area contributed by atoms with Crippen LogP contribution in [0.2, 0.25) is 0 Å². The Morgan fingerprint density at radius 3 is 2.43 bits per heavy atom. The molecule has 0 bridgehead atoms. The third-order valence-electron chi connectivity index (χ3n) is 4.86. The molecule has 0 unspecified atom stereocenters. The van der Waals surface area contributed by atoms with E-state index >= 15 is 0 Å². The lowest BCUT2D eigenvalue weighted by Gasteiger charge is -2.13. The number of rotatable bonds is 6. The molecule has 0 fully saturated rings. The van der Waals surface area contributed by atoms with Gasteiger partial charge in [0.25, 0.3) is 0 Å². The minimum Gasteiger partial charge on any atom is -0.456 e. The number of alkyl halides is 3. The number of carbonyl (C=O) groups excluding carboxylic acids is 2. The first-order valence-corrected chi connectivity index (χ1v) is 9.40. The Balaban J connectivity index is 1.76. The van der Waals surface area contributed by atoms with Crippen molar-refractivity contribution in [2.75, 3.05) is 6.61 Å². The van der Waals surface area contributed by atoms with E-state index in [0.717, 1.165) is 16.0 Å². The van der Waals surface area contributed by atoms with Crippen LogP contribution in [-0.4, -0.2) is 32.5 Å². The molecule has 2 aromatic heterocycles. The van der Waals surface area contributed by atoms with Crippen molar-refractivity contribution in [3.63, 3.8) is 0 Å². The van der Waals surface area contributed by atoms with Crippen LogP contribution >= 0.6 is 0 Å². The Morgan fingerprint density at radius 2 is 1.83 bits per heavy atom. The maximum absolute atomic E-state index is 13.3. The van der Waals surface area contributed by atoms with E-state index in [4.69, 9.17) is 4.74 Å². The molecule has 0 aliphatic rings. The predicted octanol–water partition coefficient (Wildman–Crippen LogP) is 4.48. The van der Waals surface area contributed by atoms with Gasteiger partial charge in [0.05, 0.1) is 11.0 Å². The Morgan fingerprint density at radius 1 is 1.17 bits per heavy atom. The maximum Gasteiger partial charge on any atom is 0.449 e. The van der Waals surface area contributed by atoms with E-state index in [1.807, 2.05) is 25.3 Å². The Bertz CT molecular complexity index is 1110. The number of hydrogen-bond acceptors (Lipinski definition) is 4. The Kier molecular flexibility index (Phi) is 5.74. The number of nitrogens with zero attached hydrogens (tertiary/aromatic N) is 3. The number of halogens is 3. The van der Waals surface area contributed by atoms with Crippen molar-refractivity contribution in [2.45, 2.75) is 46.5 Å². The molecule has 0 saturated heterocycles. The number of para-hydroxylation sites is 2. The molecule has 160 valence electrons. The highest BCUT2D eigenvalue weighted by molar-refractivity contribution is 5.99. The fraction of sp³-hybridized carbons (Fsp3) is 0.381. The number of carbonyl (C=O) groups is 2. The number of esters is 1. The van der Waals surface area contributed by atoms with E-state index in [-0.39, 0.29) is 17.1 Å². The lowest BCUT2D eigenvalue weighted by Crippen LogP contribution is -2.22. The number of Topliss-reactive ketones (excluding diaryl/α,β-unsaturated/α-hetero) is 1. The summed E-state index contributed by atoms with van der Waals surface area (Å²) in [5, 5.41) is 0. The molecule has 0 radical (unpaired) electrons. The summed E-state index contributed by atoms with van der Waals surface area (Å²) in [6, 6.07) is 7.86. The molecule has 0 amide bonds. The van der Waals surface area contributed by atoms with Crippen LogP contribution in [0.1, 0.15) is 47.5 Å². The van der Waals surface area contributed by atoms with Gasteiger partial charge in [-0.15, -0.1) is 0 Å². The van der Waals surface area contributed by atoms with Gasteiger partial charge in [-0.3, -0.25) is 9.59 Å². The molecule has 0 aliphatic heterocycles. The summed E-state index contributed by atoms with van der Waals surface area (Å²) in [7, 11) is 0. The van der Waals surface area contributed by atoms with Gasteiger partial charge in [-0.1, -0.05) is 12.1 Å². The summed E-state index contributed by atoms with van der Waals surface area (Å²) in [6.45, 7) is 6.40. The molecule has 0 atom stereocenters. The average Bonchev–Trinajstić information content (AvgIpc) is 3.17. The molecule has 0 saturated carbocycles. The number of hydrogen-bond donors (Lipinski definition) is 0. The standard InChI is InChI=1S/C21H22F3N3O3/c1-12(2)27-13(3)9-15(14(27)4)18(28)11-30-19(29)10-26-17-8-6-5-7-16(17)25-20(26)21(22,23)24/h5-9,12H,10-11H2,1-4H3. The van der Waals surface area contributed by atoms with Crippen molar-refractivity contribution in [3.8, 4) is 0 Å². The average molecular weight is 421 g/mol. The quantitative estimate of drug-likeness (QED) is 0.435. The molecular weight excluding hydrogens is 399 g/mol. The van der Waals surface area contributed by atoms with Gasteiger partial charge in [-0.05, 0) is 45.9 Å². The lowest BCUT2D eigenvalue weighted by atomic mass is 10.1. The molecular formula is C21H22F3N3O3. The molecule has 3 rings (SSSR count). The van der Waals surface area contributed by atoms with E-state index in [1.54, 1.807) is 25.1 Å². The van der Waals surface area contributed by atoms with Crippen LogP contribution in [0.4, 0.5) is 13.2 Å². The summed E-state index contributed by atoms with van der Waals surface area (Å²) < 4.78 is 47.7. The number of ketones is 1. The molecule has 0 N–H and O–H groups in total. The van der Waals surface area contributed by atoms with Crippen molar-refractivity contribution < 1.29 is 27.5 Å². The van der Waals surface area contributed by atoms with Crippen molar-refractivity contribution in [1.29, 1.82) is 0 Å². The second kappa shape index (κ2) is 7.97. The first kappa shape index (κ1) is 21.6. The zero-order chi connectivity index (χ0) is 22.2. The molecule has 0 aliphatic carbocycles. The summed E-state index contributed by atoms with van der Waals surface area (Å²) in [5.74, 6) is -2.54. The van der Waals surface area contributed by atoms with E-state index in [0.29, 0.717) is 5.56 Å². The molecule has 3 aromatic rings. The Labute approximate surface area is 171 Å². The molecule has 30 heavy (non-hydrogen) atoms. The highest BCUT2D eigenvalue weighted by Crippen LogP contribution is 2.31. The van der Waals surface area contributed by atoms with Gasteiger partial charge in [-0.2, -0.15) is 13.2 Å². The largest absolute Gasteiger partial charge is 0.456 e. The number of aryl methyl sites for hydroxylation is 1. The van der Waals surface area contributed by atoms with Gasteiger partial charge < -0.3 is 13.9 Å². The fourth-order valence-electron chi connectivity index (χ4n) is 3.70. The number of ether oxygens (including phenoxy) is 1. The van der Waals surface area contributed by atoms with Crippen LogP contribution < -0.4 is 0 Å². The SMILES string of the molecule is Cc1cc(C(=O)COC(=O)Cn2c(C(F)(F)F)nc3ccccc32)c(C)n1C(C)C. The molecule has 0 spiro atoms. The number of benzene rings is 1. The molecule has 6 nitrogen and oxygen atoms in total. The minimum absolute atomic E-state index is 0.120. The maximum atomic E-state index is 13.3. The normalized spacial score (nSPS) is 12.0. The highest BCUT2D eigenvalue weighted by Gasteiger charge is 2.38. The zero-order valence-electron chi connectivity index (χ0n) is 17.1.